The van der Waals surface area contributed by atoms with E-state index in [0.29, 0.717) is 18.7 Å². The number of nitriles is 1. The van der Waals surface area contributed by atoms with E-state index in [4.69, 9.17) is 4.74 Å². The lowest BCUT2D eigenvalue weighted by atomic mass is 10.1. The van der Waals surface area contributed by atoms with Crippen LogP contribution in [0.1, 0.15) is 16.8 Å². The number of hydrogen-bond acceptors (Lipinski definition) is 3. The molecular formula is C18H17N3O. The normalized spacial score (nSPS) is 10.6. The highest BCUT2D eigenvalue weighted by molar-refractivity contribution is 5.86. The average Bonchev–Trinajstić information content (AvgIpc) is 2.86. The molecule has 3 rings (SSSR count). The van der Waals surface area contributed by atoms with Crippen molar-refractivity contribution in [2.24, 2.45) is 0 Å². The van der Waals surface area contributed by atoms with Crippen molar-refractivity contribution in [2.45, 2.75) is 20.4 Å². The van der Waals surface area contributed by atoms with Crippen LogP contribution in [-0.2, 0) is 6.54 Å². The molecule has 4 nitrogen and oxygen atoms in total. The first-order valence-corrected chi connectivity index (χ1v) is 7.24. The predicted molar refractivity (Wildman–Crippen MR) is 85.9 cm³/mol. The third kappa shape index (κ3) is 2.66. The zero-order chi connectivity index (χ0) is 15.5. The van der Waals surface area contributed by atoms with E-state index < -0.39 is 0 Å². The minimum atomic E-state index is 0.535. The summed E-state index contributed by atoms with van der Waals surface area (Å²) in [5, 5.41) is 10.3. The number of para-hydroxylation sites is 1. The molecule has 0 atom stereocenters. The molecule has 0 radical (unpaired) electrons. The lowest BCUT2D eigenvalue weighted by molar-refractivity contribution is 0.300. The van der Waals surface area contributed by atoms with Gasteiger partial charge in [-0.1, -0.05) is 18.2 Å². The van der Waals surface area contributed by atoms with Gasteiger partial charge in [0.05, 0.1) is 12.1 Å². The zero-order valence-corrected chi connectivity index (χ0v) is 12.7. The summed E-state index contributed by atoms with van der Waals surface area (Å²) in [5.41, 5.74) is 3.56. The second kappa shape index (κ2) is 5.90. The molecule has 4 heteroatoms. The summed E-state index contributed by atoms with van der Waals surface area (Å²) in [6.45, 7) is 5.18. The van der Waals surface area contributed by atoms with Crippen LogP contribution >= 0.6 is 0 Å². The number of aryl methyl sites for hydroxylation is 2. The molecular weight excluding hydrogens is 274 g/mol. The number of nitrogens with zero attached hydrogens (tertiary/aromatic N) is 3. The van der Waals surface area contributed by atoms with Crippen molar-refractivity contribution < 1.29 is 4.74 Å². The maximum Gasteiger partial charge on any atom is 0.141 e. The quantitative estimate of drug-likeness (QED) is 0.738. The standard InChI is InChI=1S/C18H17N3O/c1-13-10-14(2)20-18-17(13)15(11-19)12-21(18)8-9-22-16-6-4-3-5-7-16/h3-7,10,12H,8-9H2,1-2H3. The Morgan fingerprint density at radius 1 is 1.23 bits per heavy atom. The Bertz CT molecular complexity index is 844. The lowest BCUT2D eigenvalue weighted by Gasteiger charge is -2.08. The average molecular weight is 291 g/mol. The maximum atomic E-state index is 9.32. The summed E-state index contributed by atoms with van der Waals surface area (Å²) in [6.07, 6.45) is 1.86. The molecule has 2 heterocycles. The molecule has 22 heavy (non-hydrogen) atoms. The van der Waals surface area contributed by atoms with Crippen LogP contribution in [0.3, 0.4) is 0 Å². The van der Waals surface area contributed by atoms with Crippen LogP contribution < -0.4 is 4.74 Å². The molecule has 0 fully saturated rings. The minimum Gasteiger partial charge on any atom is -0.492 e. The van der Waals surface area contributed by atoms with Gasteiger partial charge in [-0.15, -0.1) is 0 Å². The highest BCUT2D eigenvalue weighted by atomic mass is 16.5. The van der Waals surface area contributed by atoms with Crippen LogP contribution in [0.15, 0.2) is 42.6 Å². The smallest absolute Gasteiger partial charge is 0.141 e. The first-order chi connectivity index (χ1) is 10.7. The second-order valence-corrected chi connectivity index (χ2v) is 5.29. The molecule has 0 aliphatic heterocycles. The molecule has 0 saturated heterocycles. The fraction of sp³-hybridized carbons (Fsp3) is 0.222. The number of ether oxygens (including phenoxy) is 1. The number of aromatic nitrogens is 2. The first-order valence-electron chi connectivity index (χ1n) is 7.24. The van der Waals surface area contributed by atoms with Gasteiger partial charge in [0.15, 0.2) is 0 Å². The summed E-state index contributed by atoms with van der Waals surface area (Å²) in [4.78, 5) is 4.59. The number of pyridine rings is 1. The van der Waals surface area contributed by atoms with E-state index in [2.05, 4.69) is 11.1 Å². The highest BCUT2D eigenvalue weighted by Crippen LogP contribution is 2.23. The van der Waals surface area contributed by atoms with Gasteiger partial charge in [0.1, 0.15) is 24.1 Å². The van der Waals surface area contributed by atoms with E-state index in [0.717, 1.165) is 28.0 Å². The Morgan fingerprint density at radius 2 is 2.00 bits per heavy atom. The topological polar surface area (TPSA) is 50.8 Å². The van der Waals surface area contributed by atoms with Gasteiger partial charge in [-0.3, -0.25) is 0 Å². The molecule has 2 aromatic heterocycles. The molecule has 0 saturated carbocycles. The van der Waals surface area contributed by atoms with E-state index in [1.54, 1.807) is 0 Å². The minimum absolute atomic E-state index is 0.535. The summed E-state index contributed by atoms with van der Waals surface area (Å²) < 4.78 is 7.73. The van der Waals surface area contributed by atoms with Crippen molar-refractivity contribution >= 4 is 11.0 Å². The SMILES string of the molecule is Cc1cc(C)c2c(C#N)cn(CCOc3ccccc3)c2n1. The summed E-state index contributed by atoms with van der Waals surface area (Å²) in [5.74, 6) is 0.847. The van der Waals surface area contributed by atoms with Crippen LogP contribution in [-0.4, -0.2) is 16.2 Å². The predicted octanol–water partition coefficient (Wildman–Crippen LogP) is 3.60. The second-order valence-electron chi connectivity index (χ2n) is 5.29. The molecule has 0 aliphatic rings. The summed E-state index contributed by atoms with van der Waals surface area (Å²) in [6, 6.07) is 14.0. The van der Waals surface area contributed by atoms with Gasteiger partial charge < -0.3 is 9.30 Å². The Morgan fingerprint density at radius 3 is 2.73 bits per heavy atom. The Labute approximate surface area is 129 Å². The van der Waals surface area contributed by atoms with Crippen molar-refractivity contribution in [3.63, 3.8) is 0 Å². The van der Waals surface area contributed by atoms with Crippen molar-refractivity contribution in [1.29, 1.82) is 5.26 Å². The third-order valence-electron chi connectivity index (χ3n) is 3.62. The molecule has 0 bridgehead atoms. The van der Waals surface area contributed by atoms with Gasteiger partial charge in [0.25, 0.3) is 0 Å². The monoisotopic (exact) mass is 291 g/mol. The van der Waals surface area contributed by atoms with E-state index >= 15 is 0 Å². The molecule has 0 aliphatic carbocycles. The fourth-order valence-electron chi connectivity index (χ4n) is 2.67. The molecule has 0 unspecified atom stereocenters. The molecule has 1 aromatic carbocycles. The van der Waals surface area contributed by atoms with Crippen LogP contribution in [0.5, 0.6) is 5.75 Å². The van der Waals surface area contributed by atoms with E-state index in [-0.39, 0.29) is 0 Å². The van der Waals surface area contributed by atoms with Crippen molar-refractivity contribution in [3.05, 3.63) is 59.4 Å². The van der Waals surface area contributed by atoms with Crippen LogP contribution in [0, 0.1) is 25.2 Å². The van der Waals surface area contributed by atoms with Gasteiger partial charge in [0.2, 0.25) is 0 Å². The number of benzene rings is 1. The van der Waals surface area contributed by atoms with Gasteiger partial charge >= 0.3 is 0 Å². The Balaban J connectivity index is 1.86. The van der Waals surface area contributed by atoms with Crippen LogP contribution in [0.4, 0.5) is 0 Å². The van der Waals surface area contributed by atoms with E-state index in [1.165, 1.54) is 0 Å². The van der Waals surface area contributed by atoms with Crippen LogP contribution in [0.25, 0.3) is 11.0 Å². The molecule has 3 aromatic rings. The number of hydrogen-bond donors (Lipinski definition) is 0. The Hall–Kier alpha value is -2.80. The zero-order valence-electron chi connectivity index (χ0n) is 12.7. The largest absolute Gasteiger partial charge is 0.492 e. The number of fused-ring (bicyclic) bond motifs is 1. The van der Waals surface area contributed by atoms with Crippen molar-refractivity contribution in [1.82, 2.24) is 9.55 Å². The maximum absolute atomic E-state index is 9.32. The summed E-state index contributed by atoms with van der Waals surface area (Å²) >= 11 is 0. The summed E-state index contributed by atoms with van der Waals surface area (Å²) in [7, 11) is 0. The van der Waals surface area contributed by atoms with E-state index in [9.17, 15) is 5.26 Å². The van der Waals surface area contributed by atoms with Crippen LogP contribution in [0.2, 0.25) is 0 Å². The fourth-order valence-corrected chi connectivity index (χ4v) is 2.67. The van der Waals surface area contributed by atoms with E-state index in [1.807, 2.05) is 61.0 Å². The Kier molecular flexibility index (Phi) is 3.80. The van der Waals surface area contributed by atoms with Crippen molar-refractivity contribution in [2.75, 3.05) is 6.61 Å². The van der Waals surface area contributed by atoms with Gasteiger partial charge in [-0.2, -0.15) is 5.26 Å². The van der Waals surface area contributed by atoms with Gasteiger partial charge in [-0.25, -0.2) is 4.98 Å². The molecule has 0 N–H and O–H groups in total. The molecule has 110 valence electrons. The third-order valence-corrected chi connectivity index (χ3v) is 3.62. The van der Waals surface area contributed by atoms with Gasteiger partial charge in [0, 0.05) is 17.3 Å². The lowest BCUT2D eigenvalue weighted by Crippen LogP contribution is -2.08. The van der Waals surface area contributed by atoms with Gasteiger partial charge in [-0.05, 0) is 37.6 Å². The molecule has 0 amide bonds. The first kappa shape index (κ1) is 14.2. The number of rotatable bonds is 4. The van der Waals surface area contributed by atoms with Crippen molar-refractivity contribution in [3.8, 4) is 11.8 Å². The molecule has 0 spiro atoms. The highest BCUT2D eigenvalue weighted by Gasteiger charge is 2.12.